The van der Waals surface area contributed by atoms with Gasteiger partial charge in [-0.15, -0.1) is 0 Å². The van der Waals surface area contributed by atoms with Crippen molar-refractivity contribution in [2.75, 3.05) is 7.11 Å². The molecule has 0 aliphatic rings. The smallest absolute Gasteiger partial charge is 0.332 e. The van der Waals surface area contributed by atoms with Gasteiger partial charge in [0, 0.05) is 15.6 Å². The van der Waals surface area contributed by atoms with E-state index in [0.29, 0.717) is 32.1 Å². The molecule has 0 fully saturated rings. The molecule has 0 aliphatic heterocycles. The Balaban J connectivity index is 2.19. The summed E-state index contributed by atoms with van der Waals surface area (Å²) in [6, 6.07) is 7.60. The molecule has 132 valence electrons. The number of hydrogen-bond acceptors (Lipinski definition) is 4. The van der Waals surface area contributed by atoms with Crippen LogP contribution in [0.2, 0.25) is 15.1 Å². The maximum absolute atomic E-state index is 10.6. The van der Waals surface area contributed by atoms with Crippen molar-refractivity contribution in [1.29, 1.82) is 0 Å². The molecule has 25 heavy (non-hydrogen) atoms. The van der Waals surface area contributed by atoms with Crippen LogP contribution in [0.5, 0.6) is 11.5 Å². The summed E-state index contributed by atoms with van der Waals surface area (Å²) in [5, 5.41) is 5.01. The van der Waals surface area contributed by atoms with Crippen molar-refractivity contribution in [2.24, 2.45) is 10.8 Å². The van der Waals surface area contributed by atoms with Gasteiger partial charge in [-0.25, -0.2) is 10.2 Å². The number of hydrazone groups is 1. The minimum Gasteiger partial charge on any atom is -0.493 e. The van der Waals surface area contributed by atoms with Crippen molar-refractivity contribution in [3.8, 4) is 11.5 Å². The van der Waals surface area contributed by atoms with E-state index in [1.807, 2.05) is 0 Å². The molecule has 2 aromatic carbocycles. The molecule has 9 heteroatoms. The zero-order chi connectivity index (χ0) is 18.4. The molecule has 0 unspecified atom stereocenters. The van der Waals surface area contributed by atoms with E-state index >= 15 is 0 Å². The van der Waals surface area contributed by atoms with Crippen molar-refractivity contribution < 1.29 is 14.3 Å². The molecule has 0 bridgehead atoms. The number of amides is 2. The van der Waals surface area contributed by atoms with E-state index in [1.54, 1.807) is 30.3 Å². The number of nitrogens with one attached hydrogen (secondary N) is 1. The van der Waals surface area contributed by atoms with Gasteiger partial charge in [-0.1, -0.05) is 40.9 Å². The second-order valence-electron chi connectivity index (χ2n) is 4.79. The first-order valence-corrected chi connectivity index (χ1v) is 8.07. The van der Waals surface area contributed by atoms with Crippen molar-refractivity contribution in [2.45, 2.75) is 6.61 Å². The Morgan fingerprint density at radius 1 is 1.24 bits per heavy atom. The van der Waals surface area contributed by atoms with Gasteiger partial charge in [0.15, 0.2) is 11.5 Å². The Labute approximate surface area is 159 Å². The highest BCUT2D eigenvalue weighted by Gasteiger charge is 2.13. The number of carbonyl (C=O) groups excluding carboxylic acids is 1. The summed E-state index contributed by atoms with van der Waals surface area (Å²) in [7, 11) is 1.48. The molecule has 0 spiro atoms. The van der Waals surface area contributed by atoms with E-state index in [-0.39, 0.29) is 6.61 Å². The van der Waals surface area contributed by atoms with Gasteiger partial charge >= 0.3 is 6.03 Å². The summed E-state index contributed by atoms with van der Waals surface area (Å²) in [6.45, 7) is 0.183. The number of primary amides is 1. The lowest BCUT2D eigenvalue weighted by Gasteiger charge is -2.14. The third-order valence-corrected chi connectivity index (χ3v) is 3.89. The Morgan fingerprint density at radius 2 is 2.00 bits per heavy atom. The lowest BCUT2D eigenvalue weighted by molar-refractivity contribution is 0.249. The molecular weight excluding hydrogens is 389 g/mol. The van der Waals surface area contributed by atoms with Crippen molar-refractivity contribution in [1.82, 2.24) is 5.43 Å². The van der Waals surface area contributed by atoms with Crippen molar-refractivity contribution in [3.63, 3.8) is 0 Å². The maximum Gasteiger partial charge on any atom is 0.332 e. The number of halogens is 3. The van der Waals surface area contributed by atoms with Crippen LogP contribution in [0.15, 0.2) is 35.4 Å². The number of methoxy groups -OCH3 is 1. The van der Waals surface area contributed by atoms with Gasteiger partial charge < -0.3 is 15.2 Å². The van der Waals surface area contributed by atoms with Crippen LogP contribution in [0.1, 0.15) is 11.1 Å². The van der Waals surface area contributed by atoms with E-state index in [2.05, 4.69) is 10.5 Å². The Bertz CT molecular complexity index is 813. The molecular formula is C16H14Cl3N3O3. The van der Waals surface area contributed by atoms with Crippen LogP contribution in [0, 0.1) is 0 Å². The molecule has 6 nitrogen and oxygen atoms in total. The van der Waals surface area contributed by atoms with Crippen LogP contribution in [-0.2, 0) is 6.61 Å². The maximum atomic E-state index is 10.6. The molecule has 0 saturated heterocycles. The number of ether oxygens (including phenoxy) is 2. The first kappa shape index (κ1) is 19.2. The molecule has 2 amide bonds. The normalized spacial score (nSPS) is 10.7. The quantitative estimate of drug-likeness (QED) is 0.560. The topological polar surface area (TPSA) is 85.9 Å². The molecule has 3 N–H and O–H groups in total. The average molecular weight is 403 g/mol. The zero-order valence-electron chi connectivity index (χ0n) is 13.1. The number of benzene rings is 2. The molecule has 0 aliphatic carbocycles. The number of carbonyl (C=O) groups is 1. The van der Waals surface area contributed by atoms with Gasteiger partial charge in [0.05, 0.1) is 18.3 Å². The summed E-state index contributed by atoms with van der Waals surface area (Å²) in [6.07, 6.45) is 1.37. The van der Waals surface area contributed by atoms with Gasteiger partial charge in [-0.2, -0.15) is 5.10 Å². The van der Waals surface area contributed by atoms with Gasteiger partial charge in [0.1, 0.15) is 6.61 Å². The third kappa shape index (κ3) is 5.42. The summed E-state index contributed by atoms with van der Waals surface area (Å²) in [5.74, 6) is 0.758. The number of nitrogens with zero attached hydrogens (tertiary/aromatic N) is 1. The number of rotatable bonds is 6. The highest BCUT2D eigenvalue weighted by Crippen LogP contribution is 2.37. The fraction of sp³-hybridized carbons (Fsp3) is 0.125. The Kier molecular flexibility index (Phi) is 6.75. The SMILES string of the molecule is COc1cc(/C=N\NC(N)=O)cc(Cl)c1OCc1ccc(Cl)cc1Cl. The van der Waals surface area contributed by atoms with E-state index in [9.17, 15) is 4.79 Å². The first-order chi connectivity index (χ1) is 11.9. The lowest BCUT2D eigenvalue weighted by Crippen LogP contribution is -2.24. The van der Waals surface area contributed by atoms with Crippen LogP contribution in [0.4, 0.5) is 4.79 Å². The van der Waals surface area contributed by atoms with E-state index in [0.717, 1.165) is 5.56 Å². The van der Waals surface area contributed by atoms with E-state index in [4.69, 9.17) is 50.0 Å². The second-order valence-corrected chi connectivity index (χ2v) is 6.04. The van der Waals surface area contributed by atoms with Crippen LogP contribution in [0.3, 0.4) is 0 Å². The standard InChI is InChI=1S/C16H14Cl3N3O3/c1-24-14-5-9(7-21-22-16(20)23)4-13(19)15(14)25-8-10-2-3-11(17)6-12(10)18/h2-7H,8H2,1H3,(H3,20,22,23)/b21-7-. The fourth-order valence-electron chi connectivity index (χ4n) is 1.91. The number of urea groups is 1. The van der Waals surface area contributed by atoms with Crippen molar-refractivity contribution >= 4 is 47.0 Å². The molecule has 2 rings (SSSR count). The van der Waals surface area contributed by atoms with Gasteiger partial charge in [-0.05, 0) is 29.8 Å². The van der Waals surface area contributed by atoms with Gasteiger partial charge in [0.2, 0.25) is 0 Å². The summed E-state index contributed by atoms with van der Waals surface area (Å²) in [5.41, 5.74) is 8.36. The predicted molar refractivity (Wildman–Crippen MR) is 99.1 cm³/mol. The van der Waals surface area contributed by atoms with E-state index < -0.39 is 6.03 Å². The van der Waals surface area contributed by atoms with Crippen LogP contribution < -0.4 is 20.6 Å². The molecule has 2 aromatic rings. The molecule has 0 heterocycles. The monoisotopic (exact) mass is 401 g/mol. The lowest BCUT2D eigenvalue weighted by atomic mass is 10.2. The number of nitrogens with two attached hydrogens (primary N) is 1. The second kappa shape index (κ2) is 8.80. The molecule has 0 saturated carbocycles. The van der Waals surface area contributed by atoms with Crippen LogP contribution >= 0.6 is 34.8 Å². The minimum atomic E-state index is -0.769. The van der Waals surface area contributed by atoms with Crippen molar-refractivity contribution in [3.05, 3.63) is 56.5 Å². The molecule has 0 atom stereocenters. The third-order valence-electron chi connectivity index (χ3n) is 3.03. The van der Waals surface area contributed by atoms with Crippen LogP contribution in [-0.4, -0.2) is 19.4 Å². The van der Waals surface area contributed by atoms with Crippen LogP contribution in [0.25, 0.3) is 0 Å². The van der Waals surface area contributed by atoms with Gasteiger partial charge in [0.25, 0.3) is 0 Å². The Morgan fingerprint density at radius 3 is 2.64 bits per heavy atom. The highest BCUT2D eigenvalue weighted by molar-refractivity contribution is 6.35. The number of hydrogen-bond donors (Lipinski definition) is 2. The average Bonchev–Trinajstić information content (AvgIpc) is 2.54. The zero-order valence-corrected chi connectivity index (χ0v) is 15.3. The summed E-state index contributed by atoms with van der Waals surface area (Å²) < 4.78 is 11.0. The summed E-state index contributed by atoms with van der Waals surface area (Å²) in [4.78, 5) is 10.6. The Hall–Kier alpha value is -2.15. The largest absolute Gasteiger partial charge is 0.493 e. The van der Waals surface area contributed by atoms with E-state index in [1.165, 1.54) is 13.3 Å². The molecule has 0 aromatic heterocycles. The molecule has 0 radical (unpaired) electrons. The van der Waals surface area contributed by atoms with Gasteiger partial charge in [-0.3, -0.25) is 0 Å². The fourth-order valence-corrected chi connectivity index (χ4v) is 2.65. The minimum absolute atomic E-state index is 0.183. The summed E-state index contributed by atoms with van der Waals surface area (Å²) >= 11 is 18.3. The highest BCUT2D eigenvalue weighted by atomic mass is 35.5. The predicted octanol–water partition coefficient (Wildman–Crippen LogP) is 4.24. The first-order valence-electron chi connectivity index (χ1n) is 6.93.